The number of nitrogens with one attached hydrogen (secondary N) is 1. The van der Waals surface area contributed by atoms with Crippen molar-refractivity contribution in [3.8, 4) is 0 Å². The maximum Gasteiger partial charge on any atom is 0.255 e. The molecule has 0 saturated carbocycles. The van der Waals surface area contributed by atoms with Gasteiger partial charge in [-0.15, -0.1) is 11.3 Å². The first-order valence-corrected chi connectivity index (χ1v) is 10.3. The van der Waals surface area contributed by atoms with Gasteiger partial charge in [0.25, 0.3) is 5.91 Å². The quantitative estimate of drug-likeness (QED) is 0.557. The van der Waals surface area contributed by atoms with E-state index in [9.17, 15) is 4.79 Å². The number of aryl methyl sites for hydroxylation is 4. The van der Waals surface area contributed by atoms with Gasteiger partial charge in [0.15, 0.2) is 0 Å². The molecule has 26 heavy (non-hydrogen) atoms. The molecule has 0 saturated heterocycles. The molecule has 0 aliphatic heterocycles. The van der Waals surface area contributed by atoms with E-state index in [4.69, 9.17) is 0 Å². The molecule has 0 spiro atoms. The van der Waals surface area contributed by atoms with Crippen LogP contribution in [0.4, 0.5) is 5.69 Å². The molecule has 0 atom stereocenters. The lowest BCUT2D eigenvalue weighted by Gasteiger charge is -2.13. The van der Waals surface area contributed by atoms with Crippen molar-refractivity contribution in [3.05, 3.63) is 75.3 Å². The van der Waals surface area contributed by atoms with Crippen molar-refractivity contribution in [2.45, 2.75) is 37.8 Å². The Balaban J connectivity index is 1.65. The van der Waals surface area contributed by atoms with Gasteiger partial charge in [-0.05, 0) is 56.5 Å². The van der Waals surface area contributed by atoms with Crippen molar-refractivity contribution < 1.29 is 4.79 Å². The van der Waals surface area contributed by atoms with Gasteiger partial charge in [-0.1, -0.05) is 41.6 Å². The van der Waals surface area contributed by atoms with Crippen molar-refractivity contribution in [2.75, 3.05) is 5.32 Å². The maximum absolute atomic E-state index is 12.6. The first kappa shape index (κ1) is 18.7. The van der Waals surface area contributed by atoms with Gasteiger partial charge in [0, 0.05) is 28.1 Å². The van der Waals surface area contributed by atoms with Gasteiger partial charge in [-0.25, -0.2) is 4.98 Å². The molecular formula is C21H22N2OS2. The molecule has 1 heterocycles. The SMILES string of the molecule is Cc1cc(C)c(NC(=O)c2ccc(CSc3nc(C)cs3)cc2)c(C)c1. The second-order valence-corrected chi connectivity index (χ2v) is 8.55. The van der Waals surface area contributed by atoms with E-state index in [1.807, 2.05) is 45.0 Å². The summed E-state index contributed by atoms with van der Waals surface area (Å²) in [5.74, 6) is 0.778. The van der Waals surface area contributed by atoms with Gasteiger partial charge in [0.2, 0.25) is 0 Å². The minimum Gasteiger partial charge on any atom is -0.322 e. The number of anilines is 1. The molecule has 5 heteroatoms. The predicted octanol–water partition coefficient (Wildman–Crippen LogP) is 5.92. The van der Waals surface area contributed by atoms with Crippen LogP contribution in [-0.4, -0.2) is 10.9 Å². The van der Waals surface area contributed by atoms with Crippen molar-refractivity contribution in [1.82, 2.24) is 4.98 Å². The number of thioether (sulfide) groups is 1. The van der Waals surface area contributed by atoms with Crippen molar-refractivity contribution in [3.63, 3.8) is 0 Å². The normalized spacial score (nSPS) is 10.8. The number of nitrogens with zero attached hydrogens (tertiary/aromatic N) is 1. The van der Waals surface area contributed by atoms with Crippen LogP contribution in [0.25, 0.3) is 0 Å². The average Bonchev–Trinajstić information content (AvgIpc) is 3.02. The zero-order valence-electron chi connectivity index (χ0n) is 15.4. The van der Waals surface area contributed by atoms with E-state index < -0.39 is 0 Å². The molecule has 3 rings (SSSR count). The van der Waals surface area contributed by atoms with Gasteiger partial charge in [-0.3, -0.25) is 4.79 Å². The van der Waals surface area contributed by atoms with Gasteiger partial charge in [0.05, 0.1) is 0 Å². The fourth-order valence-electron chi connectivity index (χ4n) is 2.86. The van der Waals surface area contributed by atoms with Crippen LogP contribution in [0.1, 0.15) is 38.3 Å². The Kier molecular flexibility index (Phi) is 5.79. The maximum atomic E-state index is 12.6. The fourth-order valence-corrected chi connectivity index (χ4v) is 4.66. The number of benzene rings is 2. The minimum absolute atomic E-state index is 0.0743. The van der Waals surface area contributed by atoms with Crippen LogP contribution in [0.2, 0.25) is 0 Å². The summed E-state index contributed by atoms with van der Waals surface area (Å²) in [7, 11) is 0. The zero-order chi connectivity index (χ0) is 18.7. The lowest BCUT2D eigenvalue weighted by Crippen LogP contribution is -2.14. The van der Waals surface area contributed by atoms with Gasteiger partial charge in [-0.2, -0.15) is 0 Å². The minimum atomic E-state index is -0.0743. The molecule has 0 bridgehead atoms. The Hall–Kier alpha value is -2.11. The number of thiazole rings is 1. The van der Waals surface area contributed by atoms with Crippen LogP contribution in [0.5, 0.6) is 0 Å². The zero-order valence-corrected chi connectivity index (χ0v) is 17.1. The largest absolute Gasteiger partial charge is 0.322 e. The van der Waals surface area contributed by atoms with Crippen LogP contribution in [0, 0.1) is 27.7 Å². The number of hydrogen-bond acceptors (Lipinski definition) is 4. The summed E-state index contributed by atoms with van der Waals surface area (Å²) in [6.45, 7) is 8.12. The van der Waals surface area contributed by atoms with Crippen molar-refractivity contribution in [2.24, 2.45) is 0 Å². The number of carbonyl (C=O) groups is 1. The standard InChI is InChI=1S/C21H22N2OS2/c1-13-9-14(2)19(15(3)10-13)23-20(24)18-7-5-17(6-8-18)12-26-21-22-16(4)11-25-21/h5-11H,12H2,1-4H3,(H,23,24). The highest BCUT2D eigenvalue weighted by Crippen LogP contribution is 2.26. The predicted molar refractivity (Wildman–Crippen MR) is 111 cm³/mol. The summed E-state index contributed by atoms with van der Waals surface area (Å²) < 4.78 is 1.08. The summed E-state index contributed by atoms with van der Waals surface area (Å²) in [6.07, 6.45) is 0. The number of aromatic nitrogens is 1. The smallest absolute Gasteiger partial charge is 0.255 e. The Morgan fingerprint density at radius 3 is 2.31 bits per heavy atom. The van der Waals surface area contributed by atoms with Crippen LogP contribution in [0.15, 0.2) is 46.1 Å². The van der Waals surface area contributed by atoms with Crippen molar-refractivity contribution in [1.29, 1.82) is 0 Å². The van der Waals surface area contributed by atoms with Crippen LogP contribution in [0.3, 0.4) is 0 Å². The van der Waals surface area contributed by atoms with Crippen LogP contribution in [-0.2, 0) is 5.75 Å². The summed E-state index contributed by atoms with van der Waals surface area (Å²) in [5.41, 5.74) is 7.19. The second kappa shape index (κ2) is 8.06. The third-order valence-electron chi connectivity index (χ3n) is 4.09. The van der Waals surface area contributed by atoms with Gasteiger partial charge < -0.3 is 5.32 Å². The molecular weight excluding hydrogens is 360 g/mol. The van der Waals surface area contributed by atoms with E-state index >= 15 is 0 Å². The number of rotatable bonds is 5. The molecule has 3 nitrogen and oxygen atoms in total. The fraction of sp³-hybridized carbons (Fsp3) is 0.238. The summed E-state index contributed by atoms with van der Waals surface area (Å²) in [6, 6.07) is 12.0. The molecule has 134 valence electrons. The van der Waals surface area contributed by atoms with Crippen molar-refractivity contribution >= 4 is 34.7 Å². The highest BCUT2D eigenvalue weighted by molar-refractivity contribution is 8.00. The van der Waals surface area contributed by atoms with E-state index in [2.05, 4.69) is 34.7 Å². The monoisotopic (exact) mass is 382 g/mol. The number of hydrogen-bond donors (Lipinski definition) is 1. The molecule has 0 aliphatic carbocycles. The van der Waals surface area contributed by atoms with Crippen LogP contribution >= 0.6 is 23.1 Å². The summed E-state index contributed by atoms with van der Waals surface area (Å²) in [5, 5.41) is 5.11. The molecule has 1 amide bonds. The van der Waals surface area contributed by atoms with Gasteiger partial charge >= 0.3 is 0 Å². The molecule has 0 aliphatic rings. The summed E-state index contributed by atoms with van der Waals surface area (Å²) in [4.78, 5) is 17.0. The second-order valence-electron chi connectivity index (χ2n) is 6.47. The lowest BCUT2D eigenvalue weighted by atomic mass is 10.0. The highest BCUT2D eigenvalue weighted by atomic mass is 32.2. The molecule has 3 aromatic rings. The molecule has 0 unspecified atom stereocenters. The van der Waals surface area contributed by atoms with E-state index in [0.717, 1.165) is 32.6 Å². The number of carbonyl (C=O) groups excluding carboxylic acids is 1. The van der Waals surface area contributed by atoms with E-state index in [-0.39, 0.29) is 5.91 Å². The molecule has 0 fully saturated rings. The van der Waals surface area contributed by atoms with Crippen LogP contribution < -0.4 is 5.32 Å². The molecule has 1 aromatic heterocycles. The third kappa shape index (κ3) is 4.54. The summed E-state index contributed by atoms with van der Waals surface area (Å²) >= 11 is 3.39. The lowest BCUT2D eigenvalue weighted by molar-refractivity contribution is 0.102. The Morgan fingerprint density at radius 2 is 1.73 bits per heavy atom. The average molecular weight is 383 g/mol. The van der Waals surface area contributed by atoms with E-state index in [1.54, 1.807) is 23.1 Å². The Labute approximate surface area is 162 Å². The van der Waals surface area contributed by atoms with E-state index in [0.29, 0.717) is 5.56 Å². The molecule has 2 aromatic carbocycles. The molecule has 1 N–H and O–H groups in total. The first-order valence-electron chi connectivity index (χ1n) is 8.45. The molecule has 0 radical (unpaired) electrons. The third-order valence-corrected chi connectivity index (χ3v) is 6.30. The first-order chi connectivity index (χ1) is 12.4. The number of amides is 1. The van der Waals surface area contributed by atoms with E-state index in [1.165, 1.54) is 11.1 Å². The topological polar surface area (TPSA) is 42.0 Å². The van der Waals surface area contributed by atoms with Gasteiger partial charge in [0.1, 0.15) is 4.34 Å². The Bertz CT molecular complexity index is 906. The highest BCUT2D eigenvalue weighted by Gasteiger charge is 2.10. The Morgan fingerprint density at radius 1 is 1.08 bits per heavy atom.